The fraction of sp³-hybridized carbons (Fsp3) is 0.636. The number of carbonyl (C=O) groups excluding carboxylic acids is 1. The summed E-state index contributed by atoms with van der Waals surface area (Å²) < 4.78 is 6.96. The van der Waals surface area contributed by atoms with Crippen molar-refractivity contribution in [2.24, 2.45) is 5.73 Å². The molecule has 1 saturated heterocycles. The van der Waals surface area contributed by atoms with Gasteiger partial charge in [0.05, 0.1) is 17.3 Å². The van der Waals surface area contributed by atoms with Crippen LogP contribution in [0.25, 0.3) is 0 Å². The van der Waals surface area contributed by atoms with Crippen LogP contribution in [0.3, 0.4) is 0 Å². The first-order chi connectivity index (χ1) is 7.65. The quantitative estimate of drug-likeness (QED) is 0.761. The fourth-order valence-corrected chi connectivity index (χ4v) is 1.90. The van der Waals surface area contributed by atoms with E-state index in [1.165, 1.54) is 0 Å². The first kappa shape index (κ1) is 11.3. The minimum atomic E-state index is -0.764. The maximum absolute atomic E-state index is 12.2. The lowest BCUT2D eigenvalue weighted by Crippen LogP contribution is -2.51. The van der Waals surface area contributed by atoms with E-state index < -0.39 is 5.54 Å². The van der Waals surface area contributed by atoms with Crippen LogP contribution in [0, 0.1) is 0 Å². The Hall–Kier alpha value is -1.20. The van der Waals surface area contributed by atoms with E-state index in [0.717, 1.165) is 6.54 Å². The van der Waals surface area contributed by atoms with Crippen LogP contribution in [-0.4, -0.2) is 34.3 Å². The van der Waals surface area contributed by atoms with Gasteiger partial charge in [-0.05, 0) is 19.8 Å². The summed E-state index contributed by atoms with van der Waals surface area (Å²) in [4.78, 5) is 12.2. The standard InChI is InChI=1S/C11H17N3O2/c1-2-14-8-9(7-13-14)10(15)11(12)3-5-16-6-4-11/h7-8H,2-6,12H2,1H3. The molecule has 1 aromatic rings. The lowest BCUT2D eigenvalue weighted by Gasteiger charge is -2.31. The van der Waals surface area contributed by atoms with Gasteiger partial charge in [-0.15, -0.1) is 0 Å². The van der Waals surface area contributed by atoms with Gasteiger partial charge in [0.1, 0.15) is 0 Å². The number of aryl methyl sites for hydroxylation is 1. The normalized spacial score (nSPS) is 19.6. The highest BCUT2D eigenvalue weighted by atomic mass is 16.5. The second-order valence-electron chi connectivity index (χ2n) is 4.18. The molecule has 0 radical (unpaired) electrons. The molecule has 1 aliphatic heterocycles. The molecule has 5 nitrogen and oxygen atoms in total. The first-order valence-corrected chi connectivity index (χ1v) is 5.59. The third-order valence-electron chi connectivity index (χ3n) is 3.06. The monoisotopic (exact) mass is 223 g/mol. The molecule has 0 bridgehead atoms. The zero-order chi connectivity index (χ0) is 11.6. The van der Waals surface area contributed by atoms with Crippen LogP contribution in [0.1, 0.15) is 30.1 Å². The van der Waals surface area contributed by atoms with Gasteiger partial charge in [0, 0.05) is 26.0 Å². The summed E-state index contributed by atoms with van der Waals surface area (Å²) in [7, 11) is 0. The molecule has 2 rings (SSSR count). The van der Waals surface area contributed by atoms with Crippen molar-refractivity contribution in [3.8, 4) is 0 Å². The van der Waals surface area contributed by atoms with E-state index in [4.69, 9.17) is 10.5 Å². The van der Waals surface area contributed by atoms with Gasteiger partial charge >= 0.3 is 0 Å². The number of ketones is 1. The van der Waals surface area contributed by atoms with E-state index in [1.807, 2.05) is 6.92 Å². The van der Waals surface area contributed by atoms with Gasteiger partial charge in [0.25, 0.3) is 0 Å². The first-order valence-electron chi connectivity index (χ1n) is 5.59. The number of carbonyl (C=O) groups is 1. The highest BCUT2D eigenvalue weighted by Gasteiger charge is 2.36. The molecule has 0 saturated carbocycles. The summed E-state index contributed by atoms with van der Waals surface area (Å²) in [6, 6.07) is 0. The average molecular weight is 223 g/mol. The van der Waals surface area contributed by atoms with Crippen LogP contribution in [0.2, 0.25) is 0 Å². The molecule has 2 heterocycles. The van der Waals surface area contributed by atoms with Gasteiger partial charge in [-0.25, -0.2) is 0 Å². The number of hydrogen-bond donors (Lipinski definition) is 1. The van der Waals surface area contributed by atoms with E-state index in [1.54, 1.807) is 17.1 Å². The van der Waals surface area contributed by atoms with E-state index in [-0.39, 0.29) is 5.78 Å². The zero-order valence-corrected chi connectivity index (χ0v) is 9.48. The largest absolute Gasteiger partial charge is 0.381 e. The molecule has 5 heteroatoms. The van der Waals surface area contributed by atoms with E-state index >= 15 is 0 Å². The third kappa shape index (κ3) is 2.01. The van der Waals surface area contributed by atoms with Crippen molar-refractivity contribution in [1.29, 1.82) is 0 Å². The van der Waals surface area contributed by atoms with Gasteiger partial charge in [-0.2, -0.15) is 5.10 Å². The third-order valence-corrected chi connectivity index (χ3v) is 3.06. The summed E-state index contributed by atoms with van der Waals surface area (Å²) in [6.45, 7) is 3.86. The highest BCUT2D eigenvalue weighted by molar-refractivity contribution is 6.02. The molecule has 88 valence electrons. The summed E-state index contributed by atoms with van der Waals surface area (Å²) in [6.07, 6.45) is 4.52. The molecule has 16 heavy (non-hydrogen) atoms. The smallest absolute Gasteiger partial charge is 0.185 e. The SMILES string of the molecule is CCn1cc(C(=O)C2(N)CCOCC2)cn1. The Kier molecular flexibility index (Phi) is 3.07. The molecule has 1 fully saturated rings. The molecule has 0 spiro atoms. The van der Waals surface area contributed by atoms with Gasteiger partial charge in [-0.1, -0.05) is 0 Å². The van der Waals surface area contributed by atoms with Crippen molar-refractivity contribution in [3.63, 3.8) is 0 Å². The Morgan fingerprint density at radius 1 is 1.62 bits per heavy atom. The Bertz CT molecular complexity index is 380. The van der Waals surface area contributed by atoms with E-state index in [9.17, 15) is 4.79 Å². The number of aromatic nitrogens is 2. The molecule has 1 aliphatic rings. The predicted molar refractivity (Wildman–Crippen MR) is 59.2 cm³/mol. The highest BCUT2D eigenvalue weighted by Crippen LogP contribution is 2.22. The van der Waals surface area contributed by atoms with Crippen molar-refractivity contribution < 1.29 is 9.53 Å². The minimum Gasteiger partial charge on any atom is -0.381 e. The Balaban J connectivity index is 2.17. The fourth-order valence-electron chi connectivity index (χ4n) is 1.90. The van der Waals surface area contributed by atoms with Crippen molar-refractivity contribution in [3.05, 3.63) is 18.0 Å². The number of ether oxygens (including phenoxy) is 1. The van der Waals surface area contributed by atoms with Crippen molar-refractivity contribution >= 4 is 5.78 Å². The summed E-state index contributed by atoms with van der Waals surface area (Å²) in [5.41, 5.74) is 5.96. The van der Waals surface area contributed by atoms with E-state index in [0.29, 0.717) is 31.6 Å². The van der Waals surface area contributed by atoms with Crippen LogP contribution in [0.15, 0.2) is 12.4 Å². The summed E-state index contributed by atoms with van der Waals surface area (Å²) in [5, 5.41) is 4.09. The zero-order valence-electron chi connectivity index (χ0n) is 9.48. The maximum atomic E-state index is 12.2. The van der Waals surface area contributed by atoms with Gasteiger partial charge in [0.2, 0.25) is 0 Å². The number of hydrogen-bond acceptors (Lipinski definition) is 4. The molecule has 0 aliphatic carbocycles. The van der Waals surface area contributed by atoms with Crippen LogP contribution < -0.4 is 5.73 Å². The van der Waals surface area contributed by atoms with Crippen molar-refractivity contribution in [2.75, 3.05) is 13.2 Å². The average Bonchev–Trinajstić information content (AvgIpc) is 2.77. The lowest BCUT2D eigenvalue weighted by atomic mass is 9.84. The number of Topliss-reactive ketones (excluding diaryl/α,β-unsaturated/α-hetero) is 1. The van der Waals surface area contributed by atoms with Crippen LogP contribution in [0.4, 0.5) is 0 Å². The number of nitrogens with zero attached hydrogens (tertiary/aromatic N) is 2. The summed E-state index contributed by atoms with van der Waals surface area (Å²) in [5.74, 6) is -0.0181. The summed E-state index contributed by atoms with van der Waals surface area (Å²) >= 11 is 0. The lowest BCUT2D eigenvalue weighted by molar-refractivity contribution is 0.0448. The van der Waals surface area contributed by atoms with Crippen LogP contribution in [0.5, 0.6) is 0 Å². The minimum absolute atomic E-state index is 0.0181. The van der Waals surface area contributed by atoms with Crippen molar-refractivity contribution in [1.82, 2.24) is 9.78 Å². The number of nitrogens with two attached hydrogens (primary N) is 1. The number of rotatable bonds is 3. The van der Waals surface area contributed by atoms with Gasteiger partial charge in [-0.3, -0.25) is 9.48 Å². The molecule has 0 atom stereocenters. The maximum Gasteiger partial charge on any atom is 0.185 e. The van der Waals surface area contributed by atoms with Crippen LogP contribution in [-0.2, 0) is 11.3 Å². The molecular weight excluding hydrogens is 206 g/mol. The molecule has 0 aromatic carbocycles. The second kappa shape index (κ2) is 4.35. The molecule has 0 amide bonds. The van der Waals surface area contributed by atoms with Crippen molar-refractivity contribution in [2.45, 2.75) is 31.8 Å². The predicted octanol–water partition coefficient (Wildman–Crippen LogP) is 0.594. The molecule has 1 aromatic heterocycles. The van der Waals surface area contributed by atoms with Crippen LogP contribution >= 0.6 is 0 Å². The second-order valence-corrected chi connectivity index (χ2v) is 4.18. The molecule has 2 N–H and O–H groups in total. The Morgan fingerprint density at radius 2 is 2.31 bits per heavy atom. The Morgan fingerprint density at radius 3 is 2.88 bits per heavy atom. The Labute approximate surface area is 94.6 Å². The van der Waals surface area contributed by atoms with E-state index in [2.05, 4.69) is 5.10 Å². The van der Waals surface area contributed by atoms with Gasteiger partial charge in [0.15, 0.2) is 5.78 Å². The molecular formula is C11H17N3O2. The van der Waals surface area contributed by atoms with Gasteiger partial charge < -0.3 is 10.5 Å². The topological polar surface area (TPSA) is 70.1 Å². The molecule has 0 unspecified atom stereocenters.